The van der Waals surface area contributed by atoms with Crippen molar-refractivity contribution >= 4 is 11.6 Å². The van der Waals surface area contributed by atoms with Crippen molar-refractivity contribution in [3.05, 3.63) is 36.3 Å². The van der Waals surface area contributed by atoms with E-state index in [0.717, 1.165) is 37.3 Å². The fourth-order valence-electron chi connectivity index (χ4n) is 2.70. The van der Waals surface area contributed by atoms with Crippen molar-refractivity contribution in [1.29, 1.82) is 0 Å². The van der Waals surface area contributed by atoms with Crippen LogP contribution in [0.1, 0.15) is 16.8 Å². The van der Waals surface area contributed by atoms with E-state index in [2.05, 4.69) is 10.3 Å². The molecule has 1 atom stereocenters. The van der Waals surface area contributed by atoms with Gasteiger partial charge in [0, 0.05) is 31.7 Å². The third kappa shape index (κ3) is 2.33. The maximum Gasteiger partial charge on any atom is 0.255 e. The van der Waals surface area contributed by atoms with Crippen molar-refractivity contribution in [2.24, 2.45) is 5.92 Å². The van der Waals surface area contributed by atoms with E-state index >= 15 is 0 Å². The number of fused-ring (bicyclic) bond motifs is 1. The number of hydrogen-bond donors (Lipinski definition) is 1. The Labute approximate surface area is 112 Å². The number of rotatable bonds is 3. The number of pyridine rings is 1. The van der Waals surface area contributed by atoms with E-state index in [1.165, 1.54) is 0 Å². The Balaban J connectivity index is 1.76. The molecule has 1 amide bonds. The molecule has 1 aliphatic heterocycles. The summed E-state index contributed by atoms with van der Waals surface area (Å²) in [5.41, 5.74) is 1.60. The van der Waals surface area contributed by atoms with Crippen LogP contribution in [-0.2, 0) is 0 Å². The minimum absolute atomic E-state index is 0.120. The second-order valence-electron chi connectivity index (χ2n) is 5.07. The predicted octanol–water partition coefficient (Wildman–Crippen LogP) is 1.02. The van der Waals surface area contributed by atoms with E-state index < -0.39 is 0 Å². The van der Waals surface area contributed by atoms with Gasteiger partial charge < -0.3 is 14.6 Å². The monoisotopic (exact) mass is 258 g/mol. The summed E-state index contributed by atoms with van der Waals surface area (Å²) in [6.07, 6.45) is 6.54. The highest BCUT2D eigenvalue weighted by molar-refractivity contribution is 5.94. The van der Waals surface area contributed by atoms with Crippen molar-refractivity contribution in [2.75, 3.05) is 26.7 Å². The molecule has 19 heavy (non-hydrogen) atoms. The number of carbonyl (C=O) groups is 1. The highest BCUT2D eigenvalue weighted by Gasteiger charge is 2.26. The molecule has 0 spiro atoms. The normalized spacial score (nSPS) is 19.2. The van der Waals surface area contributed by atoms with Crippen LogP contribution in [0.5, 0.6) is 0 Å². The average Bonchev–Trinajstić information content (AvgIpc) is 3.05. The smallest absolute Gasteiger partial charge is 0.255 e. The Morgan fingerprint density at radius 1 is 1.53 bits per heavy atom. The SMILES string of the molecule is CNC[C@H]1CCN(C(=O)c2ccc3nccn3c2)C1. The van der Waals surface area contributed by atoms with Gasteiger partial charge in [-0.15, -0.1) is 0 Å². The largest absolute Gasteiger partial charge is 0.338 e. The Hall–Kier alpha value is -1.88. The van der Waals surface area contributed by atoms with Crippen LogP contribution in [0.15, 0.2) is 30.7 Å². The second-order valence-corrected chi connectivity index (χ2v) is 5.07. The number of nitrogens with zero attached hydrogens (tertiary/aromatic N) is 3. The van der Waals surface area contributed by atoms with Gasteiger partial charge in [-0.25, -0.2) is 4.98 Å². The Bertz CT molecular complexity index is 592. The lowest BCUT2D eigenvalue weighted by molar-refractivity contribution is 0.0786. The van der Waals surface area contributed by atoms with Crippen molar-refractivity contribution in [1.82, 2.24) is 19.6 Å². The summed E-state index contributed by atoms with van der Waals surface area (Å²) in [6, 6.07) is 3.74. The first kappa shape index (κ1) is 12.2. The van der Waals surface area contributed by atoms with Crippen molar-refractivity contribution in [2.45, 2.75) is 6.42 Å². The minimum Gasteiger partial charge on any atom is -0.338 e. The first-order valence-corrected chi connectivity index (χ1v) is 6.64. The zero-order valence-corrected chi connectivity index (χ0v) is 11.0. The summed E-state index contributed by atoms with van der Waals surface area (Å²) >= 11 is 0. The minimum atomic E-state index is 0.120. The van der Waals surface area contributed by atoms with Gasteiger partial charge in [0.05, 0.1) is 5.56 Å². The summed E-state index contributed by atoms with van der Waals surface area (Å²) in [5.74, 6) is 0.695. The van der Waals surface area contributed by atoms with E-state index in [1.54, 1.807) is 6.20 Å². The highest BCUT2D eigenvalue weighted by atomic mass is 16.2. The van der Waals surface area contributed by atoms with Crippen molar-refractivity contribution < 1.29 is 4.79 Å². The standard InChI is InChI=1S/C14H18N4O/c1-15-8-11-4-6-18(9-11)14(19)12-2-3-13-16-5-7-17(13)10-12/h2-3,5,7,10-11,15H,4,6,8-9H2,1H3/t11-/m1/s1. The van der Waals surface area contributed by atoms with Gasteiger partial charge in [-0.05, 0) is 38.1 Å². The van der Waals surface area contributed by atoms with Crippen molar-refractivity contribution in [3.8, 4) is 0 Å². The van der Waals surface area contributed by atoms with E-state index in [-0.39, 0.29) is 5.91 Å². The lowest BCUT2D eigenvalue weighted by Gasteiger charge is -2.16. The summed E-state index contributed by atoms with van der Waals surface area (Å²) in [7, 11) is 1.96. The maximum atomic E-state index is 12.4. The predicted molar refractivity (Wildman–Crippen MR) is 73.1 cm³/mol. The molecule has 0 aromatic carbocycles. The molecule has 1 saturated heterocycles. The van der Waals surface area contributed by atoms with Crippen LogP contribution >= 0.6 is 0 Å². The Morgan fingerprint density at radius 3 is 3.26 bits per heavy atom. The van der Waals surface area contributed by atoms with Crippen molar-refractivity contribution in [3.63, 3.8) is 0 Å². The molecular weight excluding hydrogens is 240 g/mol. The van der Waals surface area contributed by atoms with Crippen LogP contribution in [0.2, 0.25) is 0 Å². The van der Waals surface area contributed by atoms with Gasteiger partial charge >= 0.3 is 0 Å². The fourth-order valence-corrected chi connectivity index (χ4v) is 2.70. The summed E-state index contributed by atoms with van der Waals surface area (Å²) in [6.45, 7) is 2.68. The van der Waals surface area contributed by atoms with Crippen LogP contribution in [0.25, 0.3) is 5.65 Å². The molecule has 3 heterocycles. The molecule has 1 fully saturated rings. The molecule has 5 nitrogen and oxygen atoms in total. The van der Waals surface area contributed by atoms with E-state index in [9.17, 15) is 4.79 Å². The number of nitrogens with one attached hydrogen (secondary N) is 1. The first-order valence-electron chi connectivity index (χ1n) is 6.64. The topological polar surface area (TPSA) is 49.6 Å². The lowest BCUT2D eigenvalue weighted by Crippen LogP contribution is -2.30. The lowest BCUT2D eigenvalue weighted by atomic mass is 10.1. The second kappa shape index (κ2) is 5.01. The molecule has 1 aliphatic rings. The molecule has 0 bridgehead atoms. The molecule has 3 rings (SSSR count). The first-order chi connectivity index (χ1) is 9.28. The number of carbonyl (C=O) groups excluding carboxylic acids is 1. The Kier molecular flexibility index (Phi) is 3.21. The van der Waals surface area contributed by atoms with E-state index in [1.807, 2.05) is 40.9 Å². The molecule has 2 aromatic rings. The van der Waals surface area contributed by atoms with E-state index in [4.69, 9.17) is 0 Å². The van der Waals surface area contributed by atoms with Crippen LogP contribution in [0.4, 0.5) is 0 Å². The number of likely N-dealkylation sites (tertiary alicyclic amines) is 1. The Morgan fingerprint density at radius 2 is 2.42 bits per heavy atom. The van der Waals surface area contributed by atoms with Crippen LogP contribution in [-0.4, -0.2) is 46.9 Å². The fraction of sp³-hybridized carbons (Fsp3) is 0.429. The molecule has 0 aliphatic carbocycles. The molecule has 0 unspecified atom stereocenters. The zero-order valence-electron chi connectivity index (χ0n) is 11.0. The van der Waals surface area contributed by atoms with E-state index in [0.29, 0.717) is 5.92 Å². The summed E-state index contributed by atoms with van der Waals surface area (Å²) in [4.78, 5) is 18.6. The van der Waals surface area contributed by atoms with Gasteiger partial charge in [-0.3, -0.25) is 4.79 Å². The summed E-state index contributed by atoms with van der Waals surface area (Å²) < 4.78 is 1.88. The molecule has 0 radical (unpaired) electrons. The average molecular weight is 258 g/mol. The molecular formula is C14H18N4O. The number of imidazole rings is 1. The molecule has 2 aromatic heterocycles. The molecule has 100 valence electrons. The van der Waals surface area contributed by atoms with Crippen LogP contribution in [0.3, 0.4) is 0 Å². The van der Waals surface area contributed by atoms with Gasteiger partial charge in [0.25, 0.3) is 5.91 Å². The van der Waals surface area contributed by atoms with Gasteiger partial charge in [0.2, 0.25) is 0 Å². The molecule has 5 heteroatoms. The van der Waals surface area contributed by atoms with Gasteiger partial charge in [-0.1, -0.05) is 0 Å². The molecule has 0 saturated carbocycles. The third-order valence-electron chi connectivity index (χ3n) is 3.70. The van der Waals surface area contributed by atoms with Gasteiger partial charge in [0.1, 0.15) is 5.65 Å². The number of amides is 1. The zero-order chi connectivity index (χ0) is 13.2. The number of aromatic nitrogens is 2. The van der Waals surface area contributed by atoms with Gasteiger partial charge in [0.15, 0.2) is 0 Å². The quantitative estimate of drug-likeness (QED) is 0.894. The van der Waals surface area contributed by atoms with Gasteiger partial charge in [-0.2, -0.15) is 0 Å². The highest BCUT2D eigenvalue weighted by Crippen LogP contribution is 2.18. The number of hydrogen-bond acceptors (Lipinski definition) is 3. The molecule has 1 N–H and O–H groups in total. The summed E-state index contributed by atoms with van der Waals surface area (Å²) in [5, 5.41) is 3.18. The maximum absolute atomic E-state index is 12.4. The van der Waals surface area contributed by atoms with Crippen LogP contribution < -0.4 is 5.32 Å². The third-order valence-corrected chi connectivity index (χ3v) is 3.70. The van der Waals surface area contributed by atoms with Crippen LogP contribution in [0, 0.1) is 5.92 Å².